The zero-order valence-electron chi connectivity index (χ0n) is 21.7. The van der Waals surface area contributed by atoms with Gasteiger partial charge in [0, 0.05) is 38.7 Å². The van der Waals surface area contributed by atoms with Crippen molar-refractivity contribution in [1.82, 2.24) is 0 Å². The molecule has 4 saturated carbocycles. The highest BCUT2D eigenvalue weighted by atomic mass is 16.7. The lowest BCUT2D eigenvalue weighted by Gasteiger charge is -2.60. The van der Waals surface area contributed by atoms with Gasteiger partial charge in [-0.15, -0.1) is 0 Å². The third kappa shape index (κ3) is 3.89. The molecular formula is C29H44O5. The molecule has 0 N–H and O–H groups in total. The normalized spacial score (nSPS) is 43.4. The van der Waals surface area contributed by atoms with Crippen LogP contribution in [0.5, 0.6) is 0 Å². The van der Waals surface area contributed by atoms with Crippen molar-refractivity contribution < 1.29 is 23.8 Å². The van der Waals surface area contributed by atoms with E-state index in [4.69, 9.17) is 14.2 Å². The lowest BCUT2D eigenvalue weighted by molar-refractivity contribution is -0.280. The zero-order chi connectivity index (χ0) is 24.1. The quantitative estimate of drug-likeness (QED) is 0.363. The van der Waals surface area contributed by atoms with Gasteiger partial charge in [0.05, 0.1) is 6.10 Å². The Morgan fingerprint density at radius 2 is 1.82 bits per heavy atom. The van der Waals surface area contributed by atoms with Gasteiger partial charge in [-0.1, -0.05) is 25.8 Å². The van der Waals surface area contributed by atoms with Crippen molar-refractivity contribution in [3.05, 3.63) is 11.6 Å². The first kappa shape index (κ1) is 24.5. The molecule has 0 saturated heterocycles. The van der Waals surface area contributed by atoms with Gasteiger partial charge in [0.1, 0.15) is 6.61 Å². The second-order valence-corrected chi connectivity index (χ2v) is 12.4. The molecule has 5 rings (SSSR count). The molecule has 5 heteroatoms. The molecule has 0 amide bonds. The van der Waals surface area contributed by atoms with E-state index in [1.807, 2.05) is 13.2 Å². The van der Waals surface area contributed by atoms with Gasteiger partial charge in [-0.3, -0.25) is 9.59 Å². The van der Waals surface area contributed by atoms with Crippen molar-refractivity contribution in [3.63, 3.8) is 0 Å². The number of hydrogen-bond acceptors (Lipinski definition) is 5. The van der Waals surface area contributed by atoms with E-state index in [0.29, 0.717) is 36.7 Å². The van der Waals surface area contributed by atoms with Crippen molar-refractivity contribution in [1.29, 1.82) is 0 Å². The molecule has 0 bridgehead atoms. The number of methoxy groups -OCH3 is 1. The third-order valence-electron chi connectivity index (χ3n) is 10.8. The van der Waals surface area contributed by atoms with E-state index >= 15 is 0 Å². The molecule has 0 aliphatic heterocycles. The van der Waals surface area contributed by atoms with E-state index in [9.17, 15) is 9.59 Å². The molecule has 2 unspecified atom stereocenters. The van der Waals surface area contributed by atoms with E-state index in [-0.39, 0.29) is 28.7 Å². The van der Waals surface area contributed by atoms with E-state index in [0.717, 1.165) is 44.9 Å². The van der Waals surface area contributed by atoms with E-state index < -0.39 is 5.79 Å². The number of fused-ring (bicyclic) bond motifs is 5. The van der Waals surface area contributed by atoms with Gasteiger partial charge in [-0.2, -0.15) is 0 Å². The number of rotatable bonds is 5. The molecule has 4 fully saturated rings. The second kappa shape index (κ2) is 9.03. The van der Waals surface area contributed by atoms with E-state index in [1.165, 1.54) is 38.2 Å². The number of hydrogen-bond donors (Lipinski definition) is 0. The molecule has 0 spiro atoms. The largest absolute Gasteiger partial charge is 0.465 e. The highest BCUT2D eigenvalue weighted by molar-refractivity contribution is 5.91. The molecule has 0 aromatic rings. The fourth-order valence-corrected chi connectivity index (χ4v) is 9.11. The maximum atomic E-state index is 12.4. The summed E-state index contributed by atoms with van der Waals surface area (Å²) in [5.74, 6) is 1.67. The van der Waals surface area contributed by atoms with Crippen LogP contribution in [0.1, 0.15) is 97.8 Å². The molecular weight excluding hydrogens is 428 g/mol. The van der Waals surface area contributed by atoms with Crippen molar-refractivity contribution in [3.8, 4) is 0 Å². The first-order valence-electron chi connectivity index (χ1n) is 13.8. The van der Waals surface area contributed by atoms with Crippen LogP contribution in [0.2, 0.25) is 0 Å². The molecule has 34 heavy (non-hydrogen) atoms. The summed E-state index contributed by atoms with van der Waals surface area (Å²) in [5, 5.41) is 0. The predicted octanol–water partition coefficient (Wildman–Crippen LogP) is 6.00. The third-order valence-corrected chi connectivity index (χ3v) is 10.8. The van der Waals surface area contributed by atoms with E-state index in [1.54, 1.807) is 0 Å². The summed E-state index contributed by atoms with van der Waals surface area (Å²) in [7, 11) is 1.83. The Morgan fingerprint density at radius 3 is 2.53 bits per heavy atom. The van der Waals surface area contributed by atoms with Crippen LogP contribution in [0.15, 0.2) is 11.6 Å². The minimum absolute atomic E-state index is 0.165. The Morgan fingerprint density at radius 1 is 1.06 bits per heavy atom. The lowest BCUT2D eigenvalue weighted by atomic mass is 9.45. The van der Waals surface area contributed by atoms with Gasteiger partial charge in [0.15, 0.2) is 11.6 Å². The first-order valence-corrected chi connectivity index (χ1v) is 13.8. The molecule has 5 aliphatic carbocycles. The minimum atomic E-state index is -0.395. The fraction of sp³-hybridized carbons (Fsp3) is 0.862. The Hall–Kier alpha value is -1.20. The average molecular weight is 473 g/mol. The molecule has 0 heterocycles. The molecule has 5 nitrogen and oxygen atoms in total. The molecule has 0 radical (unpaired) electrons. The fourth-order valence-electron chi connectivity index (χ4n) is 9.11. The monoisotopic (exact) mass is 472 g/mol. The Balaban J connectivity index is 1.43. The van der Waals surface area contributed by atoms with Crippen molar-refractivity contribution in [2.45, 2.75) is 110 Å². The van der Waals surface area contributed by atoms with Crippen molar-refractivity contribution in [2.24, 2.45) is 34.5 Å². The molecule has 0 aromatic heterocycles. The molecule has 5 aliphatic rings. The summed E-state index contributed by atoms with van der Waals surface area (Å²) in [6, 6.07) is 0. The van der Waals surface area contributed by atoms with Crippen LogP contribution in [0.3, 0.4) is 0 Å². The standard InChI is InChI=1S/C29H44O5/c1-19-16-22-23-8-9-26(34-29(32-4)12-6-5-7-13-29)27(23,3)14-11-24(22)28(18-33-20(2)30)15-10-21(31)17-25(19)28/h17,19,22-24,26H,5-16,18H2,1-4H3/t19?,22-,23-,24+,26?,27-,28-/m0/s1. The topological polar surface area (TPSA) is 61.8 Å². The average Bonchev–Trinajstić information content (AvgIpc) is 3.15. The van der Waals surface area contributed by atoms with Crippen LogP contribution in [0.4, 0.5) is 0 Å². The van der Waals surface area contributed by atoms with Gasteiger partial charge < -0.3 is 14.2 Å². The SMILES string of the molecule is COC1(OC2CC[C@H]3[C@@H]4CC(C)C5=CC(=O)CC[C@]5(COC(C)=O)[C@@H]4CC[C@]23C)CCCCC1. The van der Waals surface area contributed by atoms with Crippen LogP contribution in [0.25, 0.3) is 0 Å². The van der Waals surface area contributed by atoms with Crippen LogP contribution in [-0.2, 0) is 23.8 Å². The second-order valence-electron chi connectivity index (χ2n) is 12.4. The number of carbonyl (C=O) groups is 2. The predicted molar refractivity (Wildman–Crippen MR) is 130 cm³/mol. The Labute approximate surface area is 205 Å². The van der Waals surface area contributed by atoms with E-state index in [2.05, 4.69) is 13.8 Å². The lowest BCUT2D eigenvalue weighted by Crippen LogP contribution is -2.56. The molecule has 190 valence electrons. The summed E-state index contributed by atoms with van der Waals surface area (Å²) in [4.78, 5) is 24.3. The summed E-state index contributed by atoms with van der Waals surface area (Å²) >= 11 is 0. The zero-order valence-corrected chi connectivity index (χ0v) is 21.7. The minimum Gasteiger partial charge on any atom is -0.465 e. The summed E-state index contributed by atoms with van der Waals surface area (Å²) in [5.41, 5.74) is 1.26. The van der Waals surface area contributed by atoms with Gasteiger partial charge >= 0.3 is 5.97 Å². The first-order chi connectivity index (χ1) is 16.2. The van der Waals surface area contributed by atoms with Crippen molar-refractivity contribution >= 4 is 11.8 Å². The smallest absolute Gasteiger partial charge is 0.302 e. The molecule has 7 atom stereocenters. The Kier molecular flexibility index (Phi) is 6.50. The highest BCUT2D eigenvalue weighted by Gasteiger charge is 2.62. The van der Waals surface area contributed by atoms with Crippen LogP contribution < -0.4 is 0 Å². The number of ketones is 1. The maximum Gasteiger partial charge on any atom is 0.302 e. The number of esters is 1. The number of ether oxygens (including phenoxy) is 3. The van der Waals surface area contributed by atoms with Gasteiger partial charge in [0.25, 0.3) is 0 Å². The van der Waals surface area contributed by atoms with Gasteiger partial charge in [-0.05, 0) is 86.5 Å². The van der Waals surface area contributed by atoms with Gasteiger partial charge in [0.2, 0.25) is 0 Å². The van der Waals surface area contributed by atoms with Crippen LogP contribution in [-0.4, -0.2) is 37.4 Å². The van der Waals surface area contributed by atoms with Gasteiger partial charge in [-0.25, -0.2) is 0 Å². The van der Waals surface area contributed by atoms with Crippen molar-refractivity contribution in [2.75, 3.05) is 13.7 Å². The maximum absolute atomic E-state index is 12.4. The van der Waals surface area contributed by atoms with Crippen LogP contribution >= 0.6 is 0 Å². The summed E-state index contributed by atoms with van der Waals surface area (Å²) < 4.78 is 18.7. The molecule has 0 aromatic carbocycles. The summed E-state index contributed by atoms with van der Waals surface area (Å²) in [6.45, 7) is 6.71. The highest BCUT2D eigenvalue weighted by Crippen LogP contribution is 2.67. The number of carbonyl (C=O) groups excluding carboxylic acids is 2. The summed E-state index contributed by atoms with van der Waals surface area (Å²) in [6.07, 6.45) is 15.0. The van der Waals surface area contributed by atoms with Crippen LogP contribution in [0, 0.1) is 34.5 Å². The Bertz CT molecular complexity index is 841.